The molecule has 670 valence electrons. The van der Waals surface area contributed by atoms with Gasteiger partial charge in [0.1, 0.15) is 0 Å². The zero-order valence-electron chi connectivity index (χ0n) is 79.5. The number of hydrogen-bond acceptors (Lipinski definition) is 0. The topological polar surface area (TPSA) is 0 Å². The summed E-state index contributed by atoms with van der Waals surface area (Å²) in [5, 5.41) is 28.9. The molecule has 0 atom stereocenters. The third kappa shape index (κ3) is 13.0. The minimum absolute atomic E-state index is 1.02. The molecule has 0 aromatic heterocycles. The van der Waals surface area contributed by atoms with Crippen molar-refractivity contribution in [2.75, 3.05) is 0 Å². The van der Waals surface area contributed by atoms with Crippen molar-refractivity contribution in [3.05, 3.63) is 568 Å². The van der Waals surface area contributed by atoms with Gasteiger partial charge in [0.25, 0.3) is 0 Å². The monoisotopic (exact) mass is 1830 g/mol. The summed E-state index contributed by atoms with van der Waals surface area (Å²) in [5.41, 5.74) is 34.6. The van der Waals surface area contributed by atoms with Crippen LogP contribution in [0, 0.1) is 0 Å². The van der Waals surface area contributed by atoms with Crippen LogP contribution in [0.1, 0.15) is 22.3 Å². The van der Waals surface area contributed by atoms with Gasteiger partial charge in [0.15, 0.2) is 0 Å². The van der Waals surface area contributed by atoms with Gasteiger partial charge in [0, 0.05) is 0 Å². The van der Waals surface area contributed by atoms with Crippen molar-refractivity contribution in [2.45, 2.75) is 5.41 Å². The highest BCUT2D eigenvalue weighted by Gasteiger charge is 2.47. The van der Waals surface area contributed by atoms with Crippen molar-refractivity contribution in [3.63, 3.8) is 0 Å². The second kappa shape index (κ2) is 33.8. The molecule has 0 aliphatic heterocycles. The Bertz CT molecular complexity index is 8910. The molecule has 0 unspecified atom stereocenters. The Kier molecular flexibility index (Phi) is 19.4. The predicted octanol–water partition coefficient (Wildman–Crippen LogP) is 39.9. The second-order valence-electron chi connectivity index (χ2n) is 39.1. The molecule has 28 aromatic rings. The quantitative estimate of drug-likeness (QED) is 0.0952. The van der Waals surface area contributed by atoms with Crippen LogP contribution in [0.25, 0.3) is 274 Å². The Morgan fingerprint density at radius 1 is 0.0897 bits per heavy atom. The van der Waals surface area contributed by atoms with Crippen molar-refractivity contribution < 1.29 is 0 Å². The molecule has 0 heterocycles. The highest BCUT2D eigenvalue weighted by Crippen LogP contribution is 2.61. The lowest BCUT2D eigenvalue weighted by Gasteiger charge is -2.35. The zero-order chi connectivity index (χ0) is 95.3. The lowest BCUT2D eigenvalue weighted by molar-refractivity contribution is 0.770. The maximum atomic E-state index is 2.61. The van der Waals surface area contributed by atoms with E-state index < -0.39 is 5.41 Å². The van der Waals surface area contributed by atoms with Crippen LogP contribution in [0.2, 0.25) is 0 Å². The van der Waals surface area contributed by atoms with Gasteiger partial charge in [-0.3, -0.25) is 0 Å². The number of rotatable bonds is 14. The Morgan fingerprint density at radius 2 is 0.234 bits per heavy atom. The summed E-state index contributed by atoms with van der Waals surface area (Å²) in [6, 6.07) is 208. The van der Waals surface area contributed by atoms with Crippen LogP contribution in [0.15, 0.2) is 546 Å². The molecule has 0 spiro atoms. The largest absolute Gasteiger partial charge is 0.0714 e. The Morgan fingerprint density at radius 3 is 0.428 bits per heavy atom. The van der Waals surface area contributed by atoms with E-state index in [9.17, 15) is 0 Å². The van der Waals surface area contributed by atoms with Gasteiger partial charge in [-0.15, -0.1) is 0 Å². The van der Waals surface area contributed by atoms with E-state index in [-0.39, 0.29) is 0 Å². The van der Waals surface area contributed by atoms with Gasteiger partial charge in [-0.25, -0.2) is 0 Å². The third-order valence-electron chi connectivity index (χ3n) is 31.7. The first kappa shape index (κ1) is 83.3. The maximum absolute atomic E-state index is 2.61. The van der Waals surface area contributed by atoms with Crippen LogP contribution in [-0.2, 0) is 5.41 Å². The van der Waals surface area contributed by atoms with Gasteiger partial charge >= 0.3 is 0 Å². The molecule has 0 heteroatoms. The average Bonchev–Trinajstić information content (AvgIpc) is 1.55. The van der Waals surface area contributed by atoms with Gasteiger partial charge in [0.2, 0.25) is 0 Å². The smallest absolute Gasteiger partial charge is 0.0622 e. The number of benzene rings is 28. The maximum Gasteiger partial charge on any atom is 0.0714 e. The fourth-order valence-electron chi connectivity index (χ4n) is 25.7. The average molecular weight is 1830 g/mol. The molecule has 0 saturated carbocycles. The molecular weight excluding hydrogens is 1740 g/mol. The fraction of sp³-hybridized carbons (Fsp3) is 0.00690. The summed E-state index contributed by atoms with van der Waals surface area (Å²) < 4.78 is 0. The Labute approximate surface area is 841 Å². The predicted molar refractivity (Wildman–Crippen MR) is 619 cm³/mol. The van der Waals surface area contributed by atoms with E-state index in [1.165, 1.54) is 241 Å². The molecule has 0 nitrogen and oxygen atoms in total. The van der Waals surface area contributed by atoms with E-state index in [0.717, 1.165) is 55.6 Å². The van der Waals surface area contributed by atoms with Crippen molar-refractivity contribution in [1.82, 2.24) is 0 Å². The van der Waals surface area contributed by atoms with E-state index in [4.69, 9.17) is 0 Å². The van der Waals surface area contributed by atoms with E-state index in [1.807, 2.05) is 0 Å². The van der Waals surface area contributed by atoms with Crippen molar-refractivity contribution >= 4 is 129 Å². The normalized spacial score (nSPS) is 12.3. The molecular formula is C145H90. The minimum atomic E-state index is -1.02. The van der Waals surface area contributed by atoms with Gasteiger partial charge in [-0.1, -0.05) is 510 Å². The molecule has 1 aliphatic rings. The molecule has 29 rings (SSSR count). The van der Waals surface area contributed by atoms with Crippen LogP contribution in [-0.4, -0.2) is 0 Å². The first-order valence-corrected chi connectivity index (χ1v) is 50.6. The summed E-state index contributed by atoms with van der Waals surface area (Å²) in [6.45, 7) is 0. The molecule has 1 aliphatic carbocycles. The van der Waals surface area contributed by atoms with Crippen LogP contribution in [0.5, 0.6) is 0 Å². The minimum Gasteiger partial charge on any atom is -0.0622 e. The summed E-state index contributed by atoms with van der Waals surface area (Å²) in [7, 11) is 0. The summed E-state index contributed by atoms with van der Waals surface area (Å²) in [5.74, 6) is 0. The van der Waals surface area contributed by atoms with Crippen molar-refractivity contribution in [2.24, 2.45) is 0 Å². The number of hydrogen-bond donors (Lipinski definition) is 0. The van der Waals surface area contributed by atoms with E-state index >= 15 is 0 Å². The highest BCUT2D eigenvalue weighted by molar-refractivity contribution is 6.30. The number of fused-ring (bicyclic) bond motifs is 15. The van der Waals surface area contributed by atoms with Gasteiger partial charge in [0.05, 0.1) is 5.41 Å². The van der Waals surface area contributed by atoms with E-state index in [0.29, 0.717) is 0 Å². The SMILES string of the molecule is c1ccc(-c2c3ccccc3c(-c3ccc(-c4cc(-c5ccc(-c6c7ccccc7c(-c7ccccc7)c7ccccc67)c6ccccc56)cc(C5(c6cc(-c7ccc(-c8c9ccccc9c(-c9ccccc9)c9ccccc89)c8ccccc78)cc(-c7ccc(-c8c9ccccc9c(-c9ccccc9)c9ccccc89)c8ccccc78)c6)c6ccccc6-c6ccccc65)c4)c4ccccc34)c3ccccc23)cc1. The van der Waals surface area contributed by atoms with Crippen LogP contribution < -0.4 is 0 Å². The lowest BCUT2D eigenvalue weighted by Crippen LogP contribution is -2.29. The lowest BCUT2D eigenvalue weighted by atomic mass is 9.66. The molecule has 0 amide bonds. The second-order valence-corrected chi connectivity index (χ2v) is 39.1. The Balaban J connectivity index is 0.724. The third-order valence-corrected chi connectivity index (χ3v) is 31.7. The molecule has 0 fully saturated rings. The highest BCUT2D eigenvalue weighted by atomic mass is 14.5. The van der Waals surface area contributed by atoms with Gasteiger partial charge in [-0.05, 0) is 333 Å². The molecule has 145 heavy (non-hydrogen) atoms. The van der Waals surface area contributed by atoms with Crippen LogP contribution >= 0.6 is 0 Å². The summed E-state index contributed by atoms with van der Waals surface area (Å²) in [4.78, 5) is 0. The van der Waals surface area contributed by atoms with Crippen molar-refractivity contribution in [3.8, 4) is 145 Å². The first-order valence-electron chi connectivity index (χ1n) is 50.6. The summed E-state index contributed by atoms with van der Waals surface area (Å²) in [6.07, 6.45) is 0. The molecule has 0 saturated heterocycles. The zero-order valence-corrected chi connectivity index (χ0v) is 79.5. The van der Waals surface area contributed by atoms with Gasteiger partial charge in [-0.2, -0.15) is 0 Å². The van der Waals surface area contributed by atoms with Crippen LogP contribution in [0.3, 0.4) is 0 Å². The molecule has 0 N–H and O–H groups in total. The van der Waals surface area contributed by atoms with Crippen molar-refractivity contribution in [1.29, 1.82) is 0 Å². The molecule has 0 radical (unpaired) electrons. The first-order chi connectivity index (χ1) is 72.0. The van der Waals surface area contributed by atoms with E-state index in [1.54, 1.807) is 0 Å². The van der Waals surface area contributed by atoms with Crippen LogP contribution in [0.4, 0.5) is 0 Å². The van der Waals surface area contributed by atoms with E-state index in [2.05, 4.69) is 546 Å². The standard InChI is InChI=1S/C145H90/c1-5-41-91(42-6-1)137-115-59-21-29-67-123(115)141(124-68-30-22-60-116(124)137)131-81-77-101(105-49-13-17-53-109(105)131)95-85-96(102-78-82-132(110-54-18-14-50-106(102)110)142-125-69-31-23-61-117(125)138(92-43-7-2-8-44-92)118-62-24-32-70-126(118)142)88-99(87-95)145(135-75-39-37-57-113(135)114-58-38-40-76-136(114)145)100-89-97(103-79-83-133(111-55-19-15-51-107(103)111)143-127-71-33-25-63-119(127)139(93-45-9-3-10-46-93)120-64-26-34-72-128(120)143)86-98(90-100)104-80-84-134(112-56-20-16-52-108(104)112)144-129-73-35-27-65-121(129)140(94-47-11-4-12-48-94)122-66-28-36-74-130(122)144/h1-90H. The summed E-state index contributed by atoms with van der Waals surface area (Å²) >= 11 is 0. The van der Waals surface area contributed by atoms with Gasteiger partial charge < -0.3 is 0 Å². The molecule has 28 aromatic carbocycles. The fourth-order valence-corrected chi connectivity index (χ4v) is 25.7. The Hall–Kier alpha value is -18.7. The molecule has 0 bridgehead atoms.